The molecule has 0 aliphatic carbocycles. The van der Waals surface area contributed by atoms with Crippen molar-refractivity contribution in [1.82, 2.24) is 4.90 Å². The molecule has 0 heterocycles. The number of carbonyl (C=O) groups is 2. The van der Waals surface area contributed by atoms with Gasteiger partial charge in [-0.2, -0.15) is 0 Å². The van der Waals surface area contributed by atoms with E-state index in [0.29, 0.717) is 18.7 Å². The van der Waals surface area contributed by atoms with Crippen LogP contribution >= 0.6 is 0 Å². The summed E-state index contributed by atoms with van der Waals surface area (Å²) in [6.07, 6.45) is 0.109. The van der Waals surface area contributed by atoms with E-state index in [0.717, 1.165) is 0 Å². The van der Waals surface area contributed by atoms with Crippen molar-refractivity contribution >= 4 is 11.9 Å². The normalized spacial score (nSPS) is 10.2. The van der Waals surface area contributed by atoms with Crippen LogP contribution in [-0.4, -0.2) is 55.3 Å². The van der Waals surface area contributed by atoms with Gasteiger partial charge in [0.2, 0.25) is 5.91 Å². The van der Waals surface area contributed by atoms with E-state index in [9.17, 15) is 14.7 Å². The van der Waals surface area contributed by atoms with Crippen molar-refractivity contribution in [2.24, 2.45) is 0 Å². The smallest absolute Gasteiger partial charge is 0.325 e. The van der Waals surface area contributed by atoms with E-state index in [2.05, 4.69) is 0 Å². The molecule has 0 aromatic heterocycles. The van der Waals surface area contributed by atoms with Crippen LogP contribution in [0.3, 0.4) is 0 Å². The van der Waals surface area contributed by atoms with Crippen molar-refractivity contribution in [2.75, 3.05) is 33.4 Å². The Bertz CT molecular complexity index is 475. The SMILES string of the molecule is CCOC(=O)CN(CCOC)C(=O)Cc1cccc(O)c1. The maximum Gasteiger partial charge on any atom is 0.325 e. The molecule has 1 rings (SSSR count). The Hall–Kier alpha value is -2.08. The Morgan fingerprint density at radius 1 is 1.33 bits per heavy atom. The summed E-state index contributed by atoms with van der Waals surface area (Å²) in [5, 5.41) is 9.40. The molecule has 0 bridgehead atoms. The second-order valence-electron chi connectivity index (χ2n) is 4.46. The summed E-state index contributed by atoms with van der Waals surface area (Å²) in [5.74, 6) is -0.558. The van der Waals surface area contributed by atoms with Gasteiger partial charge in [-0.3, -0.25) is 9.59 Å². The first kappa shape index (κ1) is 17.0. The van der Waals surface area contributed by atoms with Crippen LogP contribution in [0, 0.1) is 0 Å². The average Bonchev–Trinajstić information content (AvgIpc) is 2.43. The molecule has 116 valence electrons. The number of benzene rings is 1. The van der Waals surface area contributed by atoms with E-state index in [-0.39, 0.29) is 31.2 Å². The third-order valence-corrected chi connectivity index (χ3v) is 2.81. The molecule has 6 heteroatoms. The second kappa shape index (κ2) is 8.97. The number of nitrogens with zero attached hydrogens (tertiary/aromatic N) is 1. The van der Waals surface area contributed by atoms with Crippen LogP contribution < -0.4 is 0 Å². The quantitative estimate of drug-likeness (QED) is 0.723. The number of hydrogen-bond donors (Lipinski definition) is 1. The number of phenolic OH excluding ortho intramolecular Hbond substituents is 1. The van der Waals surface area contributed by atoms with Crippen molar-refractivity contribution in [3.8, 4) is 5.75 Å². The van der Waals surface area contributed by atoms with Gasteiger partial charge in [-0.25, -0.2) is 0 Å². The molecule has 0 spiro atoms. The molecule has 6 nitrogen and oxygen atoms in total. The summed E-state index contributed by atoms with van der Waals surface area (Å²) >= 11 is 0. The third kappa shape index (κ3) is 6.27. The van der Waals surface area contributed by atoms with Crippen molar-refractivity contribution < 1.29 is 24.2 Å². The Labute approximate surface area is 124 Å². The Morgan fingerprint density at radius 2 is 2.10 bits per heavy atom. The highest BCUT2D eigenvalue weighted by atomic mass is 16.5. The van der Waals surface area contributed by atoms with E-state index >= 15 is 0 Å². The lowest BCUT2D eigenvalue weighted by atomic mass is 10.1. The molecule has 21 heavy (non-hydrogen) atoms. The highest BCUT2D eigenvalue weighted by Crippen LogP contribution is 2.12. The minimum atomic E-state index is -0.446. The maximum atomic E-state index is 12.3. The molecule has 1 aromatic carbocycles. The summed E-state index contributed by atoms with van der Waals surface area (Å²) in [7, 11) is 1.53. The molecule has 0 saturated carbocycles. The van der Waals surface area contributed by atoms with Crippen molar-refractivity contribution in [2.45, 2.75) is 13.3 Å². The molecule has 1 amide bonds. The van der Waals surface area contributed by atoms with Gasteiger partial charge in [0.1, 0.15) is 12.3 Å². The first-order valence-electron chi connectivity index (χ1n) is 6.77. The van der Waals surface area contributed by atoms with E-state index in [4.69, 9.17) is 9.47 Å². The first-order valence-corrected chi connectivity index (χ1v) is 6.77. The Kier molecular flexibility index (Phi) is 7.25. The fourth-order valence-corrected chi connectivity index (χ4v) is 1.81. The van der Waals surface area contributed by atoms with Gasteiger partial charge in [0, 0.05) is 13.7 Å². The van der Waals surface area contributed by atoms with Crippen LogP contribution in [0.5, 0.6) is 5.75 Å². The van der Waals surface area contributed by atoms with Gasteiger partial charge in [0.05, 0.1) is 19.6 Å². The predicted molar refractivity (Wildman–Crippen MR) is 76.9 cm³/mol. The van der Waals surface area contributed by atoms with Gasteiger partial charge < -0.3 is 19.5 Å². The van der Waals surface area contributed by atoms with Gasteiger partial charge in [-0.05, 0) is 24.6 Å². The fourth-order valence-electron chi connectivity index (χ4n) is 1.81. The number of amides is 1. The summed E-state index contributed by atoms with van der Waals surface area (Å²) in [6.45, 7) is 2.54. The molecule has 1 aromatic rings. The monoisotopic (exact) mass is 295 g/mol. The molecular formula is C15H21NO5. The van der Waals surface area contributed by atoms with Crippen molar-refractivity contribution in [3.63, 3.8) is 0 Å². The number of phenols is 1. The van der Waals surface area contributed by atoms with Gasteiger partial charge in [0.15, 0.2) is 0 Å². The lowest BCUT2D eigenvalue weighted by Gasteiger charge is -2.21. The maximum absolute atomic E-state index is 12.3. The number of carbonyl (C=O) groups excluding carboxylic acids is 2. The lowest BCUT2D eigenvalue weighted by Crippen LogP contribution is -2.39. The van der Waals surface area contributed by atoms with E-state index in [1.807, 2.05) is 0 Å². The van der Waals surface area contributed by atoms with Crippen molar-refractivity contribution in [3.05, 3.63) is 29.8 Å². The van der Waals surface area contributed by atoms with Gasteiger partial charge in [-0.1, -0.05) is 12.1 Å². The van der Waals surface area contributed by atoms with Gasteiger partial charge in [0.25, 0.3) is 0 Å². The number of hydrogen-bond acceptors (Lipinski definition) is 5. The predicted octanol–water partition coefficient (Wildman–Crippen LogP) is 0.973. The number of esters is 1. The minimum Gasteiger partial charge on any atom is -0.508 e. The second-order valence-corrected chi connectivity index (χ2v) is 4.46. The Balaban J connectivity index is 2.67. The molecule has 0 radical (unpaired) electrons. The molecule has 0 atom stereocenters. The highest BCUT2D eigenvalue weighted by Gasteiger charge is 2.18. The number of aromatic hydroxyl groups is 1. The molecule has 0 unspecified atom stereocenters. The molecule has 0 aliphatic rings. The number of ether oxygens (including phenoxy) is 2. The van der Waals surface area contributed by atoms with Gasteiger partial charge in [-0.15, -0.1) is 0 Å². The van der Waals surface area contributed by atoms with Crippen LogP contribution in [0.15, 0.2) is 24.3 Å². The van der Waals surface area contributed by atoms with Crippen LogP contribution in [0.1, 0.15) is 12.5 Å². The van der Waals surface area contributed by atoms with E-state index in [1.54, 1.807) is 19.1 Å². The van der Waals surface area contributed by atoms with E-state index < -0.39 is 5.97 Å². The molecule has 0 fully saturated rings. The fraction of sp³-hybridized carbons (Fsp3) is 0.467. The zero-order valence-corrected chi connectivity index (χ0v) is 12.4. The topological polar surface area (TPSA) is 76.1 Å². The summed E-state index contributed by atoms with van der Waals surface area (Å²) in [6, 6.07) is 6.48. The minimum absolute atomic E-state index is 0.102. The van der Waals surface area contributed by atoms with E-state index in [1.165, 1.54) is 24.1 Å². The van der Waals surface area contributed by atoms with Crippen molar-refractivity contribution in [1.29, 1.82) is 0 Å². The van der Waals surface area contributed by atoms with Crippen LogP contribution in [0.2, 0.25) is 0 Å². The van der Waals surface area contributed by atoms with Crippen LogP contribution in [0.25, 0.3) is 0 Å². The molecular weight excluding hydrogens is 274 g/mol. The highest BCUT2D eigenvalue weighted by molar-refractivity contribution is 5.83. The zero-order chi connectivity index (χ0) is 15.7. The number of methoxy groups -OCH3 is 1. The van der Waals surface area contributed by atoms with Crippen LogP contribution in [0.4, 0.5) is 0 Å². The molecule has 0 aliphatic heterocycles. The molecule has 0 saturated heterocycles. The zero-order valence-electron chi connectivity index (χ0n) is 12.4. The lowest BCUT2D eigenvalue weighted by molar-refractivity contribution is -0.149. The largest absolute Gasteiger partial charge is 0.508 e. The third-order valence-electron chi connectivity index (χ3n) is 2.81. The standard InChI is InChI=1S/C15H21NO5/c1-3-21-15(19)11-16(7-8-20-2)14(18)10-12-5-4-6-13(17)9-12/h4-6,9,17H,3,7-8,10-11H2,1-2H3. The summed E-state index contributed by atoms with van der Waals surface area (Å²) in [5.41, 5.74) is 0.686. The summed E-state index contributed by atoms with van der Waals surface area (Å²) < 4.78 is 9.81. The molecule has 1 N–H and O–H groups in total. The Morgan fingerprint density at radius 3 is 2.71 bits per heavy atom. The number of rotatable bonds is 8. The van der Waals surface area contributed by atoms with Crippen LogP contribution in [-0.2, 0) is 25.5 Å². The first-order chi connectivity index (χ1) is 10.1. The van der Waals surface area contributed by atoms with Gasteiger partial charge >= 0.3 is 5.97 Å². The average molecular weight is 295 g/mol. The summed E-state index contributed by atoms with van der Waals surface area (Å²) in [4.78, 5) is 25.2.